The standard InChI is InChI=1S/C14H26N2O3/c1-11(15)3-2-4-13(17)16-9-7-12(8-10-16)5-6-14(18)19/h11-12H,2-10,15H2,1H3,(H,18,19). The van der Waals surface area contributed by atoms with Crippen LogP contribution in [0.2, 0.25) is 0 Å². The normalized spacial score (nSPS) is 18.3. The van der Waals surface area contributed by atoms with Crippen LogP contribution in [-0.4, -0.2) is 41.0 Å². The van der Waals surface area contributed by atoms with E-state index < -0.39 is 5.97 Å². The van der Waals surface area contributed by atoms with Gasteiger partial charge in [-0.3, -0.25) is 9.59 Å². The maximum Gasteiger partial charge on any atom is 0.303 e. The van der Waals surface area contributed by atoms with Gasteiger partial charge in [0.2, 0.25) is 5.91 Å². The summed E-state index contributed by atoms with van der Waals surface area (Å²) in [5, 5.41) is 8.65. The third kappa shape index (κ3) is 6.57. The molecule has 0 radical (unpaired) electrons. The molecule has 19 heavy (non-hydrogen) atoms. The Kier molecular flexibility index (Phi) is 6.84. The Bertz CT molecular complexity index is 297. The lowest BCUT2D eigenvalue weighted by Crippen LogP contribution is -2.38. The van der Waals surface area contributed by atoms with Crippen molar-refractivity contribution in [1.82, 2.24) is 4.90 Å². The summed E-state index contributed by atoms with van der Waals surface area (Å²) in [5.74, 6) is -0.0454. The first kappa shape index (κ1) is 16.0. The minimum Gasteiger partial charge on any atom is -0.481 e. The summed E-state index contributed by atoms with van der Waals surface area (Å²) in [5.41, 5.74) is 5.66. The topological polar surface area (TPSA) is 83.6 Å². The summed E-state index contributed by atoms with van der Waals surface area (Å²) in [7, 11) is 0. The second kappa shape index (κ2) is 8.15. The van der Waals surface area contributed by atoms with Gasteiger partial charge in [0.15, 0.2) is 0 Å². The second-order valence-electron chi connectivity index (χ2n) is 5.63. The molecule has 5 heteroatoms. The Morgan fingerprint density at radius 3 is 2.47 bits per heavy atom. The molecule has 0 aliphatic carbocycles. The Morgan fingerprint density at radius 1 is 1.32 bits per heavy atom. The van der Waals surface area contributed by atoms with Gasteiger partial charge < -0.3 is 15.7 Å². The number of aliphatic carboxylic acids is 1. The fraction of sp³-hybridized carbons (Fsp3) is 0.857. The van der Waals surface area contributed by atoms with Crippen molar-refractivity contribution in [3.8, 4) is 0 Å². The van der Waals surface area contributed by atoms with Gasteiger partial charge in [0.25, 0.3) is 0 Å². The molecule has 3 N–H and O–H groups in total. The highest BCUT2D eigenvalue weighted by Gasteiger charge is 2.22. The summed E-state index contributed by atoms with van der Waals surface area (Å²) in [6, 6.07) is 0.162. The molecule has 1 heterocycles. The molecule has 0 aromatic heterocycles. The van der Waals surface area contributed by atoms with Crippen LogP contribution in [0.15, 0.2) is 0 Å². The van der Waals surface area contributed by atoms with E-state index in [9.17, 15) is 9.59 Å². The number of nitrogens with two attached hydrogens (primary N) is 1. The quantitative estimate of drug-likeness (QED) is 0.736. The number of hydrogen-bond acceptors (Lipinski definition) is 3. The van der Waals surface area contributed by atoms with E-state index in [-0.39, 0.29) is 18.4 Å². The summed E-state index contributed by atoms with van der Waals surface area (Å²) in [6.07, 6.45) is 5.19. The molecule has 1 aliphatic rings. The lowest BCUT2D eigenvalue weighted by Gasteiger charge is -2.32. The smallest absolute Gasteiger partial charge is 0.303 e. The van der Waals surface area contributed by atoms with Gasteiger partial charge in [-0.15, -0.1) is 0 Å². The Balaban J connectivity index is 2.18. The molecule has 0 aromatic carbocycles. The average molecular weight is 270 g/mol. The van der Waals surface area contributed by atoms with E-state index in [1.54, 1.807) is 0 Å². The highest BCUT2D eigenvalue weighted by Crippen LogP contribution is 2.22. The number of amides is 1. The molecule has 0 spiro atoms. The molecular formula is C14H26N2O3. The monoisotopic (exact) mass is 270 g/mol. The van der Waals surface area contributed by atoms with Gasteiger partial charge >= 0.3 is 5.97 Å². The molecule has 5 nitrogen and oxygen atoms in total. The average Bonchev–Trinajstić information content (AvgIpc) is 2.36. The van der Waals surface area contributed by atoms with Crippen molar-refractivity contribution in [2.24, 2.45) is 11.7 Å². The first-order valence-corrected chi connectivity index (χ1v) is 7.24. The largest absolute Gasteiger partial charge is 0.481 e. The summed E-state index contributed by atoms with van der Waals surface area (Å²) < 4.78 is 0. The maximum atomic E-state index is 11.9. The predicted octanol–water partition coefficient (Wildman–Crippen LogP) is 1.61. The lowest BCUT2D eigenvalue weighted by molar-refractivity contribution is -0.138. The number of carbonyl (C=O) groups is 2. The number of piperidine rings is 1. The minimum absolute atomic E-state index is 0.162. The van der Waals surface area contributed by atoms with Crippen LogP contribution in [0.4, 0.5) is 0 Å². The molecule has 1 unspecified atom stereocenters. The van der Waals surface area contributed by atoms with Crippen molar-refractivity contribution in [2.75, 3.05) is 13.1 Å². The summed E-state index contributed by atoms with van der Waals surface area (Å²) >= 11 is 0. The van der Waals surface area contributed by atoms with E-state index in [2.05, 4.69) is 0 Å². The van der Waals surface area contributed by atoms with Crippen molar-refractivity contribution >= 4 is 11.9 Å². The fourth-order valence-corrected chi connectivity index (χ4v) is 2.53. The maximum absolute atomic E-state index is 11.9. The first-order valence-electron chi connectivity index (χ1n) is 7.24. The van der Waals surface area contributed by atoms with E-state index in [0.717, 1.165) is 45.2 Å². The number of carboxylic acids is 1. The Morgan fingerprint density at radius 2 is 1.95 bits per heavy atom. The van der Waals surface area contributed by atoms with Crippen molar-refractivity contribution in [1.29, 1.82) is 0 Å². The number of carbonyl (C=O) groups excluding carboxylic acids is 1. The predicted molar refractivity (Wildman–Crippen MR) is 73.7 cm³/mol. The zero-order valence-corrected chi connectivity index (χ0v) is 11.8. The molecule has 1 rings (SSSR count). The van der Waals surface area contributed by atoms with E-state index in [0.29, 0.717) is 12.3 Å². The van der Waals surface area contributed by atoms with Gasteiger partial charge in [-0.2, -0.15) is 0 Å². The molecule has 0 aromatic rings. The Labute approximate surface area is 115 Å². The molecule has 0 bridgehead atoms. The summed E-state index contributed by atoms with van der Waals surface area (Å²) in [6.45, 7) is 3.51. The third-order valence-corrected chi connectivity index (χ3v) is 3.78. The third-order valence-electron chi connectivity index (χ3n) is 3.78. The van der Waals surface area contributed by atoms with Crippen molar-refractivity contribution in [2.45, 2.75) is 57.9 Å². The van der Waals surface area contributed by atoms with Crippen LogP contribution in [0.25, 0.3) is 0 Å². The molecule has 1 atom stereocenters. The number of nitrogens with zero attached hydrogens (tertiary/aromatic N) is 1. The van der Waals surface area contributed by atoms with Crippen LogP contribution in [0, 0.1) is 5.92 Å². The number of carboxylic acid groups (broad SMARTS) is 1. The zero-order valence-electron chi connectivity index (χ0n) is 11.8. The highest BCUT2D eigenvalue weighted by atomic mass is 16.4. The van der Waals surface area contributed by atoms with Crippen LogP contribution in [0.5, 0.6) is 0 Å². The van der Waals surface area contributed by atoms with Crippen molar-refractivity contribution in [3.63, 3.8) is 0 Å². The molecule has 1 fully saturated rings. The number of rotatable bonds is 7. The van der Waals surface area contributed by atoms with Crippen molar-refractivity contribution in [3.05, 3.63) is 0 Å². The van der Waals surface area contributed by atoms with Crippen LogP contribution in [-0.2, 0) is 9.59 Å². The van der Waals surface area contributed by atoms with E-state index in [4.69, 9.17) is 10.8 Å². The number of likely N-dealkylation sites (tertiary alicyclic amines) is 1. The van der Waals surface area contributed by atoms with Gasteiger partial charge in [0.05, 0.1) is 0 Å². The summed E-state index contributed by atoms with van der Waals surface area (Å²) in [4.78, 5) is 24.4. The molecule has 1 aliphatic heterocycles. The molecular weight excluding hydrogens is 244 g/mol. The Hall–Kier alpha value is -1.10. The van der Waals surface area contributed by atoms with E-state index in [1.807, 2.05) is 11.8 Å². The van der Waals surface area contributed by atoms with Gasteiger partial charge in [-0.1, -0.05) is 0 Å². The minimum atomic E-state index is -0.727. The van der Waals surface area contributed by atoms with E-state index >= 15 is 0 Å². The van der Waals surface area contributed by atoms with Gasteiger partial charge in [0.1, 0.15) is 0 Å². The van der Waals surface area contributed by atoms with Crippen molar-refractivity contribution < 1.29 is 14.7 Å². The van der Waals surface area contributed by atoms with Gasteiger partial charge in [-0.25, -0.2) is 0 Å². The fourth-order valence-electron chi connectivity index (χ4n) is 2.53. The number of hydrogen-bond donors (Lipinski definition) is 2. The molecule has 1 amide bonds. The second-order valence-corrected chi connectivity index (χ2v) is 5.63. The van der Waals surface area contributed by atoms with E-state index in [1.165, 1.54) is 0 Å². The first-order chi connectivity index (χ1) is 8.99. The molecule has 0 saturated carbocycles. The van der Waals surface area contributed by atoms with Crippen LogP contribution in [0.3, 0.4) is 0 Å². The highest BCUT2D eigenvalue weighted by molar-refractivity contribution is 5.76. The SMILES string of the molecule is CC(N)CCCC(=O)N1CCC(CCC(=O)O)CC1. The lowest BCUT2D eigenvalue weighted by atomic mass is 9.92. The van der Waals surface area contributed by atoms with Crippen LogP contribution >= 0.6 is 0 Å². The van der Waals surface area contributed by atoms with Crippen LogP contribution < -0.4 is 5.73 Å². The zero-order chi connectivity index (χ0) is 14.3. The molecule has 1 saturated heterocycles. The van der Waals surface area contributed by atoms with Gasteiger partial charge in [-0.05, 0) is 44.9 Å². The molecule has 110 valence electrons. The van der Waals surface area contributed by atoms with Crippen LogP contribution in [0.1, 0.15) is 51.9 Å². The van der Waals surface area contributed by atoms with Gasteiger partial charge in [0, 0.05) is 32.0 Å².